The second-order valence-corrected chi connectivity index (χ2v) is 17.0. The molecule has 4 aliphatic heterocycles. The van der Waals surface area contributed by atoms with E-state index in [-0.39, 0.29) is 54.4 Å². The average Bonchev–Trinajstić information content (AvgIpc) is 4.13. The number of halogens is 2. The van der Waals surface area contributed by atoms with Gasteiger partial charge in [0.05, 0.1) is 48.3 Å². The lowest BCUT2D eigenvalue weighted by Crippen LogP contribution is -2.49. The number of likely N-dealkylation sites (tertiary alicyclic amines) is 1. The van der Waals surface area contributed by atoms with Gasteiger partial charge in [-0.05, 0) is 75.1 Å². The van der Waals surface area contributed by atoms with Crippen LogP contribution >= 0.6 is 0 Å². The van der Waals surface area contributed by atoms with Gasteiger partial charge in [-0.2, -0.15) is 15.3 Å². The number of carbonyl (C=O) groups is 3. The van der Waals surface area contributed by atoms with Gasteiger partial charge >= 0.3 is 6.03 Å². The van der Waals surface area contributed by atoms with Gasteiger partial charge in [-0.3, -0.25) is 29.2 Å². The van der Waals surface area contributed by atoms with Crippen LogP contribution in [-0.4, -0.2) is 121 Å². The van der Waals surface area contributed by atoms with Gasteiger partial charge in [0.25, 0.3) is 12.3 Å². The van der Waals surface area contributed by atoms with Crippen LogP contribution in [0.3, 0.4) is 0 Å². The number of fused-ring (bicyclic) bond motifs is 4. The SMILES string of the molecule is Cn1nc(N2CCC(=O)NC2=O)c2ccc(C#CCOC3CCN(C[C@H]4CC[C@H](n5cc(NC(=O)c6cnn7ccc(N8C[C@H]9C[C@@H]8CO9)nc67)c(C(F)F)n5)CC4)CC3)cc21. The van der Waals surface area contributed by atoms with E-state index in [9.17, 15) is 23.2 Å². The van der Waals surface area contributed by atoms with Gasteiger partial charge in [0, 0.05) is 69.5 Å². The molecule has 324 valence electrons. The number of nitrogens with one attached hydrogen (secondary N) is 2. The summed E-state index contributed by atoms with van der Waals surface area (Å²) < 4.78 is 45.3. The molecule has 5 aliphatic rings. The first kappa shape index (κ1) is 40.1. The average molecular weight is 851 g/mol. The number of benzene rings is 1. The molecule has 4 amide bonds. The lowest BCUT2D eigenvalue weighted by atomic mass is 9.85. The Hall–Kier alpha value is -5.97. The minimum absolute atomic E-state index is 0.000456. The Morgan fingerprint density at radius 3 is 2.66 bits per heavy atom. The number of imide groups is 1. The zero-order valence-corrected chi connectivity index (χ0v) is 34.4. The third kappa shape index (κ3) is 7.98. The highest BCUT2D eigenvalue weighted by Crippen LogP contribution is 2.36. The first-order valence-corrected chi connectivity index (χ1v) is 21.5. The van der Waals surface area contributed by atoms with Gasteiger partial charge in [-0.15, -0.1) is 0 Å². The van der Waals surface area contributed by atoms with Crippen molar-refractivity contribution in [2.75, 3.05) is 61.1 Å². The summed E-state index contributed by atoms with van der Waals surface area (Å²) in [5.41, 5.74) is 1.77. The van der Waals surface area contributed by atoms with Crippen LogP contribution in [0.2, 0.25) is 0 Å². The molecule has 4 saturated heterocycles. The summed E-state index contributed by atoms with van der Waals surface area (Å²) in [4.78, 5) is 48.4. The summed E-state index contributed by atoms with van der Waals surface area (Å²) in [6.07, 6.45) is 8.77. The highest BCUT2D eigenvalue weighted by Gasteiger charge is 2.40. The first-order chi connectivity index (χ1) is 30.1. The smallest absolute Gasteiger partial charge is 0.329 e. The first-order valence-electron chi connectivity index (χ1n) is 21.5. The molecule has 1 saturated carbocycles. The van der Waals surface area contributed by atoms with Crippen LogP contribution in [-0.2, 0) is 21.3 Å². The molecule has 5 fully saturated rings. The minimum atomic E-state index is -2.85. The summed E-state index contributed by atoms with van der Waals surface area (Å²) in [7, 11) is 1.82. The Balaban J connectivity index is 0.684. The standard InChI is InChI=1S/C43H48F2N12O5/c1-52-35-19-26(6-9-32(35)41(51-52)54-16-13-37(58)49-43(54)60)3-2-18-61-30-10-14-53(15-11-30)22-27-4-7-28(8-5-27)57-24-34(38(50-57)39(44)45)47-42(59)33-21-46-56-17-12-36(48-40(33)56)55-23-31-20-29(55)25-62-31/h6,9,12,17,19,21,24,27-31,39H,4-5,7-8,10-11,13-16,18,20,22-23,25H2,1H3,(H,47,59)(H,49,58,60)/t27-,28-,29-,31-/m1/s1. The molecular weight excluding hydrogens is 803 g/mol. The lowest BCUT2D eigenvalue weighted by molar-refractivity contribution is -0.120. The number of alkyl halides is 2. The molecule has 0 spiro atoms. The van der Waals surface area contributed by atoms with Crippen LogP contribution in [0.1, 0.15) is 85.4 Å². The second kappa shape index (κ2) is 16.7. The summed E-state index contributed by atoms with van der Waals surface area (Å²) >= 11 is 0. The maximum absolute atomic E-state index is 14.3. The normalized spacial score (nSPS) is 23.4. The number of carbonyl (C=O) groups excluding carboxylic acids is 3. The molecule has 0 unspecified atom stereocenters. The number of hydrogen-bond acceptors (Lipinski definition) is 11. The van der Waals surface area contributed by atoms with Crippen molar-refractivity contribution >= 4 is 51.7 Å². The third-order valence-corrected chi connectivity index (χ3v) is 13.0. The zero-order valence-electron chi connectivity index (χ0n) is 34.4. The Bertz CT molecular complexity index is 2580. The topological polar surface area (TPSA) is 169 Å². The monoisotopic (exact) mass is 850 g/mol. The molecule has 17 nitrogen and oxygen atoms in total. The van der Waals surface area contributed by atoms with E-state index in [0.717, 1.165) is 93.4 Å². The van der Waals surface area contributed by atoms with E-state index in [1.54, 1.807) is 21.8 Å². The summed E-state index contributed by atoms with van der Waals surface area (Å²) in [6.45, 7) is 4.87. The Kier molecular flexibility index (Phi) is 10.8. The maximum atomic E-state index is 14.3. The number of piperidine rings is 1. The van der Waals surface area contributed by atoms with Crippen molar-refractivity contribution in [2.45, 2.75) is 82.1 Å². The largest absolute Gasteiger partial charge is 0.374 e. The van der Waals surface area contributed by atoms with Crippen LogP contribution in [0.25, 0.3) is 16.6 Å². The number of urea groups is 1. The van der Waals surface area contributed by atoms with Gasteiger partial charge in [0.1, 0.15) is 18.0 Å². The predicted molar refractivity (Wildman–Crippen MR) is 223 cm³/mol. The fourth-order valence-electron chi connectivity index (χ4n) is 9.69. The molecule has 2 atom stereocenters. The van der Waals surface area contributed by atoms with Crippen molar-refractivity contribution in [3.05, 3.63) is 59.7 Å². The molecule has 8 heterocycles. The number of amides is 4. The number of morpholine rings is 1. The van der Waals surface area contributed by atoms with Crippen molar-refractivity contribution in [1.82, 2.24) is 44.4 Å². The summed E-state index contributed by atoms with van der Waals surface area (Å²) in [5.74, 6) is 7.24. The van der Waals surface area contributed by atoms with Gasteiger partial charge in [0.2, 0.25) is 5.91 Å². The van der Waals surface area contributed by atoms with Crippen LogP contribution in [0.15, 0.2) is 42.9 Å². The Labute approximate surface area is 355 Å². The second-order valence-electron chi connectivity index (χ2n) is 17.0. The fourth-order valence-corrected chi connectivity index (χ4v) is 9.69. The summed E-state index contributed by atoms with van der Waals surface area (Å²) in [5, 5.41) is 19.0. The zero-order chi connectivity index (χ0) is 42.5. The molecule has 4 aromatic heterocycles. The molecule has 62 heavy (non-hydrogen) atoms. The van der Waals surface area contributed by atoms with E-state index in [2.05, 4.69) is 47.6 Å². The van der Waals surface area contributed by atoms with Crippen LogP contribution in [0.4, 0.5) is 30.9 Å². The molecule has 19 heteroatoms. The highest BCUT2D eigenvalue weighted by atomic mass is 19.3. The van der Waals surface area contributed by atoms with Gasteiger partial charge < -0.3 is 24.6 Å². The molecule has 0 radical (unpaired) electrons. The number of rotatable bonds is 10. The number of hydrogen-bond donors (Lipinski definition) is 2. The summed E-state index contributed by atoms with van der Waals surface area (Å²) in [6, 6.07) is 7.36. The molecular formula is C43H48F2N12O5. The molecule has 2 bridgehead atoms. The van der Waals surface area contributed by atoms with Crippen LogP contribution < -0.4 is 20.4 Å². The van der Waals surface area contributed by atoms with Crippen molar-refractivity contribution < 1.29 is 32.6 Å². The Morgan fingerprint density at radius 1 is 1.06 bits per heavy atom. The van der Waals surface area contributed by atoms with Crippen LogP contribution in [0.5, 0.6) is 0 Å². The van der Waals surface area contributed by atoms with Gasteiger partial charge in [0.15, 0.2) is 17.2 Å². The van der Waals surface area contributed by atoms with E-state index in [1.807, 2.05) is 31.3 Å². The molecule has 10 rings (SSSR count). The molecule has 1 aromatic carbocycles. The number of aryl methyl sites for hydroxylation is 1. The van der Waals surface area contributed by atoms with E-state index in [1.165, 1.54) is 15.6 Å². The lowest BCUT2D eigenvalue weighted by Gasteiger charge is -2.36. The van der Waals surface area contributed by atoms with Gasteiger partial charge in [-0.25, -0.2) is 23.1 Å². The molecule has 2 N–H and O–H groups in total. The number of ether oxygens (including phenoxy) is 2. The number of aromatic nitrogens is 7. The quantitative estimate of drug-likeness (QED) is 0.187. The predicted octanol–water partition coefficient (Wildman–Crippen LogP) is 4.69. The highest BCUT2D eigenvalue weighted by molar-refractivity contribution is 6.09. The van der Waals surface area contributed by atoms with Crippen molar-refractivity contribution in [3.8, 4) is 11.8 Å². The van der Waals surface area contributed by atoms with E-state index in [4.69, 9.17) is 14.5 Å². The number of anilines is 3. The van der Waals surface area contributed by atoms with Crippen LogP contribution in [0, 0.1) is 17.8 Å². The number of nitrogens with zero attached hydrogens (tertiary/aromatic N) is 10. The van der Waals surface area contributed by atoms with E-state index < -0.39 is 24.1 Å². The minimum Gasteiger partial charge on any atom is -0.374 e. The van der Waals surface area contributed by atoms with Crippen molar-refractivity contribution in [1.29, 1.82) is 0 Å². The van der Waals surface area contributed by atoms with E-state index >= 15 is 0 Å². The fraction of sp³-hybridized carbons (Fsp3) is 0.512. The molecule has 1 aliphatic carbocycles. The van der Waals surface area contributed by atoms with Crippen molar-refractivity contribution in [3.63, 3.8) is 0 Å². The Morgan fingerprint density at radius 2 is 1.90 bits per heavy atom. The van der Waals surface area contributed by atoms with Crippen molar-refractivity contribution in [2.24, 2.45) is 13.0 Å². The molecule has 5 aromatic rings. The maximum Gasteiger partial charge on any atom is 0.329 e. The van der Waals surface area contributed by atoms with Gasteiger partial charge in [-0.1, -0.05) is 11.8 Å². The third-order valence-electron chi connectivity index (χ3n) is 13.0. The van der Waals surface area contributed by atoms with E-state index in [0.29, 0.717) is 30.6 Å².